The van der Waals surface area contributed by atoms with Crippen LogP contribution in [0.1, 0.15) is 24.0 Å². The normalized spacial score (nSPS) is 19.0. The second kappa shape index (κ2) is 7.79. The van der Waals surface area contributed by atoms with Gasteiger partial charge in [-0.2, -0.15) is 13.2 Å². The second-order valence-electron chi connectivity index (χ2n) is 5.55. The molecule has 0 aromatic heterocycles. The molecule has 7 heteroatoms. The summed E-state index contributed by atoms with van der Waals surface area (Å²) in [5.41, 5.74) is -0.209. The lowest BCUT2D eigenvalue weighted by atomic mass is 10.1. The number of likely N-dealkylation sites (tertiary alicyclic amines) is 1. The smallest absolute Gasteiger partial charge is 0.375 e. The molecule has 1 aromatic rings. The van der Waals surface area contributed by atoms with Gasteiger partial charge < -0.3 is 14.4 Å². The molecule has 1 aliphatic rings. The zero-order valence-corrected chi connectivity index (χ0v) is 12.9. The number of methoxy groups -OCH3 is 1. The fourth-order valence-corrected chi connectivity index (χ4v) is 2.57. The molecule has 1 fully saturated rings. The minimum Gasteiger partial charge on any atom is -0.375 e. The van der Waals surface area contributed by atoms with E-state index in [9.17, 15) is 18.0 Å². The third-order valence-corrected chi connectivity index (χ3v) is 3.74. The average Bonchev–Trinajstić information content (AvgIpc) is 2.53. The van der Waals surface area contributed by atoms with E-state index in [2.05, 4.69) is 0 Å². The first-order chi connectivity index (χ1) is 10.9. The highest BCUT2D eigenvalue weighted by molar-refractivity contribution is 5.77. The minimum atomic E-state index is -4.36. The van der Waals surface area contributed by atoms with Gasteiger partial charge in [0.1, 0.15) is 6.61 Å². The Balaban J connectivity index is 1.89. The molecule has 1 atom stereocenters. The van der Waals surface area contributed by atoms with Crippen molar-refractivity contribution in [3.63, 3.8) is 0 Å². The number of carbonyl (C=O) groups is 1. The van der Waals surface area contributed by atoms with Crippen LogP contribution in [-0.4, -0.2) is 43.7 Å². The van der Waals surface area contributed by atoms with Gasteiger partial charge in [0.25, 0.3) is 0 Å². The van der Waals surface area contributed by atoms with Gasteiger partial charge in [-0.3, -0.25) is 4.79 Å². The maximum absolute atomic E-state index is 12.7. The van der Waals surface area contributed by atoms with Gasteiger partial charge >= 0.3 is 6.18 Å². The van der Waals surface area contributed by atoms with E-state index in [1.165, 1.54) is 13.2 Å². The molecule has 0 unspecified atom stereocenters. The summed E-state index contributed by atoms with van der Waals surface area (Å²) in [7, 11) is 1.46. The highest BCUT2D eigenvalue weighted by Gasteiger charge is 2.30. The van der Waals surface area contributed by atoms with Crippen LogP contribution in [0.5, 0.6) is 0 Å². The van der Waals surface area contributed by atoms with E-state index in [-0.39, 0.29) is 25.2 Å². The molecular weight excluding hydrogens is 311 g/mol. The van der Waals surface area contributed by atoms with Gasteiger partial charge in [0, 0.05) is 20.2 Å². The topological polar surface area (TPSA) is 38.8 Å². The third kappa shape index (κ3) is 5.21. The number of piperidine rings is 1. The van der Waals surface area contributed by atoms with E-state index in [1.807, 2.05) is 0 Å². The number of ether oxygens (including phenoxy) is 2. The molecule has 0 saturated carbocycles. The SMILES string of the molecule is COCC(=O)N1CCC[C@H](OCc2cccc(C(F)(F)F)c2)C1. The number of rotatable bonds is 5. The molecular formula is C16H20F3NO3. The molecule has 1 amide bonds. The summed E-state index contributed by atoms with van der Waals surface area (Å²) in [6, 6.07) is 5.11. The highest BCUT2D eigenvalue weighted by Crippen LogP contribution is 2.29. The summed E-state index contributed by atoms with van der Waals surface area (Å²) >= 11 is 0. The van der Waals surface area contributed by atoms with Gasteiger partial charge in [-0.25, -0.2) is 0 Å². The fraction of sp³-hybridized carbons (Fsp3) is 0.562. The summed E-state index contributed by atoms with van der Waals surface area (Å²) < 4.78 is 48.6. The number of benzene rings is 1. The standard InChI is InChI=1S/C16H20F3NO3/c1-22-11-15(21)20-7-3-6-14(9-20)23-10-12-4-2-5-13(8-12)16(17,18)19/h2,4-5,8,14H,3,6-7,9-11H2,1H3/t14-/m0/s1. The number of amides is 1. The van der Waals surface area contributed by atoms with Crippen molar-refractivity contribution >= 4 is 5.91 Å². The molecule has 0 spiro atoms. The molecule has 23 heavy (non-hydrogen) atoms. The molecule has 0 radical (unpaired) electrons. The van der Waals surface area contributed by atoms with Gasteiger partial charge in [-0.05, 0) is 30.5 Å². The molecule has 1 aromatic carbocycles. The summed E-state index contributed by atoms with van der Waals surface area (Å²) in [6.07, 6.45) is -2.93. The summed E-state index contributed by atoms with van der Waals surface area (Å²) in [5.74, 6) is -0.0973. The Morgan fingerprint density at radius 3 is 2.87 bits per heavy atom. The van der Waals surface area contributed by atoms with Crippen LogP contribution < -0.4 is 0 Å². The number of halogens is 3. The van der Waals surface area contributed by atoms with Crippen LogP contribution >= 0.6 is 0 Å². The Kier molecular flexibility index (Phi) is 6.01. The van der Waals surface area contributed by atoms with Crippen molar-refractivity contribution in [3.8, 4) is 0 Å². The molecule has 0 aliphatic carbocycles. The van der Waals surface area contributed by atoms with Crippen molar-refractivity contribution in [2.45, 2.75) is 31.7 Å². The Hall–Kier alpha value is -1.60. The van der Waals surface area contributed by atoms with Crippen LogP contribution in [0.15, 0.2) is 24.3 Å². The maximum Gasteiger partial charge on any atom is 0.416 e. The van der Waals surface area contributed by atoms with Gasteiger partial charge in [-0.1, -0.05) is 12.1 Å². The van der Waals surface area contributed by atoms with Crippen LogP contribution in [0.4, 0.5) is 13.2 Å². The number of alkyl halides is 3. The Morgan fingerprint density at radius 2 is 2.17 bits per heavy atom. The van der Waals surface area contributed by atoms with Gasteiger partial charge in [-0.15, -0.1) is 0 Å². The van der Waals surface area contributed by atoms with E-state index < -0.39 is 11.7 Å². The van der Waals surface area contributed by atoms with Crippen molar-refractivity contribution in [1.82, 2.24) is 4.90 Å². The fourth-order valence-electron chi connectivity index (χ4n) is 2.57. The quantitative estimate of drug-likeness (QED) is 0.833. The van der Waals surface area contributed by atoms with E-state index in [4.69, 9.17) is 9.47 Å². The first-order valence-corrected chi connectivity index (χ1v) is 7.44. The lowest BCUT2D eigenvalue weighted by molar-refractivity contribution is -0.140. The predicted molar refractivity (Wildman–Crippen MR) is 77.7 cm³/mol. The molecule has 1 heterocycles. The predicted octanol–water partition coefficient (Wildman–Crippen LogP) is 2.86. The van der Waals surface area contributed by atoms with E-state index in [0.717, 1.165) is 25.0 Å². The van der Waals surface area contributed by atoms with E-state index in [1.54, 1.807) is 11.0 Å². The first-order valence-electron chi connectivity index (χ1n) is 7.44. The molecule has 0 N–H and O–H groups in total. The van der Waals surface area contributed by atoms with Crippen LogP contribution in [-0.2, 0) is 27.1 Å². The van der Waals surface area contributed by atoms with Crippen molar-refractivity contribution in [1.29, 1.82) is 0 Å². The summed E-state index contributed by atoms with van der Waals surface area (Å²) in [4.78, 5) is 13.5. The molecule has 4 nitrogen and oxygen atoms in total. The van der Waals surface area contributed by atoms with Crippen LogP contribution in [0.25, 0.3) is 0 Å². The molecule has 128 valence electrons. The monoisotopic (exact) mass is 331 g/mol. The average molecular weight is 331 g/mol. The maximum atomic E-state index is 12.7. The molecule has 2 rings (SSSR count). The largest absolute Gasteiger partial charge is 0.416 e. The van der Waals surface area contributed by atoms with Gasteiger partial charge in [0.05, 0.1) is 18.3 Å². The van der Waals surface area contributed by atoms with Crippen molar-refractivity contribution in [2.75, 3.05) is 26.8 Å². The van der Waals surface area contributed by atoms with E-state index >= 15 is 0 Å². The Bertz CT molecular complexity index is 534. The number of nitrogens with zero attached hydrogens (tertiary/aromatic N) is 1. The van der Waals surface area contributed by atoms with Crippen molar-refractivity contribution in [2.24, 2.45) is 0 Å². The van der Waals surface area contributed by atoms with Crippen LogP contribution in [0, 0.1) is 0 Å². The Labute approximate surface area is 133 Å². The first kappa shape index (κ1) is 17.7. The summed E-state index contributed by atoms with van der Waals surface area (Å²) in [6.45, 7) is 1.23. The van der Waals surface area contributed by atoms with Crippen molar-refractivity contribution in [3.05, 3.63) is 35.4 Å². The lowest BCUT2D eigenvalue weighted by Crippen LogP contribution is -2.44. The second-order valence-corrected chi connectivity index (χ2v) is 5.55. The Morgan fingerprint density at radius 1 is 1.39 bits per heavy atom. The van der Waals surface area contributed by atoms with Gasteiger partial charge in [0.2, 0.25) is 5.91 Å². The summed E-state index contributed by atoms with van der Waals surface area (Å²) in [5, 5.41) is 0. The lowest BCUT2D eigenvalue weighted by Gasteiger charge is -2.32. The van der Waals surface area contributed by atoms with E-state index in [0.29, 0.717) is 18.7 Å². The molecule has 1 aliphatic heterocycles. The number of hydrogen-bond acceptors (Lipinski definition) is 3. The number of hydrogen-bond donors (Lipinski definition) is 0. The minimum absolute atomic E-state index is 0.0281. The molecule has 1 saturated heterocycles. The van der Waals surface area contributed by atoms with Gasteiger partial charge in [0.15, 0.2) is 0 Å². The van der Waals surface area contributed by atoms with Crippen LogP contribution in [0.3, 0.4) is 0 Å². The molecule has 0 bridgehead atoms. The highest BCUT2D eigenvalue weighted by atomic mass is 19.4. The third-order valence-electron chi connectivity index (χ3n) is 3.74. The number of carbonyl (C=O) groups excluding carboxylic acids is 1. The van der Waals surface area contributed by atoms with Crippen molar-refractivity contribution < 1.29 is 27.4 Å². The zero-order valence-electron chi connectivity index (χ0n) is 12.9. The zero-order chi connectivity index (χ0) is 16.9. The van der Waals surface area contributed by atoms with Crippen LogP contribution in [0.2, 0.25) is 0 Å².